The zero-order valence-corrected chi connectivity index (χ0v) is 13.1. The van der Waals surface area contributed by atoms with Gasteiger partial charge in [0.1, 0.15) is 0 Å². The van der Waals surface area contributed by atoms with Crippen LogP contribution in [-0.4, -0.2) is 47.7 Å². The van der Waals surface area contributed by atoms with Gasteiger partial charge in [0.15, 0.2) is 6.10 Å². The van der Waals surface area contributed by atoms with Gasteiger partial charge in [-0.05, 0) is 57.3 Å². The molecule has 0 aliphatic heterocycles. The fourth-order valence-electron chi connectivity index (χ4n) is 5.15. The van der Waals surface area contributed by atoms with Crippen molar-refractivity contribution >= 4 is 11.9 Å². The minimum Gasteiger partial charge on any atom is -0.452 e. The first-order chi connectivity index (χ1) is 9.73. The largest absolute Gasteiger partial charge is 0.452 e. The van der Waals surface area contributed by atoms with Gasteiger partial charge >= 0.3 is 5.97 Å². The Labute approximate surface area is 125 Å². The Balaban J connectivity index is 1.74. The summed E-state index contributed by atoms with van der Waals surface area (Å²) in [5, 5.41) is 10.7. The van der Waals surface area contributed by atoms with Gasteiger partial charge in [0.2, 0.25) is 0 Å². The highest BCUT2D eigenvalue weighted by Gasteiger charge is 2.61. The molecule has 0 aromatic carbocycles. The zero-order valence-electron chi connectivity index (χ0n) is 13.1. The second kappa shape index (κ2) is 4.70. The first-order valence-corrected chi connectivity index (χ1v) is 7.88. The average molecular weight is 295 g/mol. The second-order valence-corrected chi connectivity index (χ2v) is 7.75. The standard InChI is InChI=1S/C16H25NO4/c1-10(13(18)17(2)3)21-14(19)15-5-11-4-12(6-15)8-16(20,7-11)9-15/h10-12,20H,4-9H2,1-3H3/t10-,11-,12+,15?,16?/m0/s1. The first-order valence-electron chi connectivity index (χ1n) is 7.88. The number of hydrogen-bond donors (Lipinski definition) is 1. The van der Waals surface area contributed by atoms with Crippen LogP contribution in [0.15, 0.2) is 0 Å². The molecule has 5 nitrogen and oxygen atoms in total. The van der Waals surface area contributed by atoms with Crippen LogP contribution in [0.5, 0.6) is 0 Å². The Morgan fingerprint density at radius 3 is 2.24 bits per heavy atom. The molecule has 0 aromatic heterocycles. The molecule has 0 radical (unpaired) electrons. The zero-order chi connectivity index (χ0) is 15.4. The number of likely N-dealkylation sites (N-methyl/N-ethyl adjacent to an activating group) is 1. The lowest BCUT2D eigenvalue weighted by Gasteiger charge is -2.58. The number of hydrogen-bond acceptors (Lipinski definition) is 4. The minimum absolute atomic E-state index is 0.202. The normalized spacial score (nSPS) is 41.7. The smallest absolute Gasteiger partial charge is 0.312 e. The monoisotopic (exact) mass is 295 g/mol. The van der Waals surface area contributed by atoms with E-state index in [1.54, 1.807) is 21.0 Å². The highest BCUT2D eigenvalue weighted by molar-refractivity contribution is 5.85. The molecule has 5 atom stereocenters. The molecule has 0 spiro atoms. The molecule has 0 heterocycles. The quantitative estimate of drug-likeness (QED) is 0.798. The van der Waals surface area contributed by atoms with E-state index in [4.69, 9.17) is 4.74 Å². The van der Waals surface area contributed by atoms with Gasteiger partial charge in [0, 0.05) is 14.1 Å². The Kier molecular flexibility index (Phi) is 3.32. The van der Waals surface area contributed by atoms with E-state index < -0.39 is 17.1 Å². The van der Waals surface area contributed by atoms with E-state index in [1.807, 2.05) is 0 Å². The van der Waals surface area contributed by atoms with E-state index in [1.165, 1.54) is 4.90 Å². The number of carbonyl (C=O) groups excluding carboxylic acids is 2. The molecule has 5 heteroatoms. The first kappa shape index (κ1) is 14.8. The van der Waals surface area contributed by atoms with Gasteiger partial charge in [0.05, 0.1) is 11.0 Å². The van der Waals surface area contributed by atoms with E-state index in [-0.39, 0.29) is 11.9 Å². The molecule has 4 aliphatic carbocycles. The topological polar surface area (TPSA) is 66.8 Å². The van der Waals surface area contributed by atoms with Crippen molar-refractivity contribution in [3.63, 3.8) is 0 Å². The maximum absolute atomic E-state index is 12.7. The van der Waals surface area contributed by atoms with Crippen LogP contribution in [-0.2, 0) is 14.3 Å². The van der Waals surface area contributed by atoms with Crippen molar-refractivity contribution in [2.45, 2.75) is 57.2 Å². The lowest BCUT2D eigenvalue weighted by Crippen LogP contribution is -2.59. The maximum Gasteiger partial charge on any atom is 0.312 e. The van der Waals surface area contributed by atoms with Gasteiger partial charge < -0.3 is 14.7 Å². The molecule has 4 aliphatic rings. The van der Waals surface area contributed by atoms with Gasteiger partial charge in [0.25, 0.3) is 5.91 Å². The summed E-state index contributed by atoms with van der Waals surface area (Å²) >= 11 is 0. The van der Waals surface area contributed by atoms with E-state index in [0.29, 0.717) is 18.3 Å². The third kappa shape index (κ3) is 2.45. The van der Waals surface area contributed by atoms with Crippen molar-refractivity contribution in [3.05, 3.63) is 0 Å². The predicted molar refractivity (Wildman–Crippen MR) is 76.3 cm³/mol. The number of ether oxygens (including phenoxy) is 1. The summed E-state index contributed by atoms with van der Waals surface area (Å²) in [6.07, 6.45) is 4.16. The van der Waals surface area contributed by atoms with Crippen LogP contribution in [0.3, 0.4) is 0 Å². The molecular formula is C16H25NO4. The lowest BCUT2D eigenvalue weighted by atomic mass is 9.48. The second-order valence-electron chi connectivity index (χ2n) is 7.75. The Morgan fingerprint density at radius 1 is 1.19 bits per heavy atom. The summed E-state index contributed by atoms with van der Waals surface area (Å²) in [6.45, 7) is 1.62. The van der Waals surface area contributed by atoms with Crippen LogP contribution in [0.1, 0.15) is 45.4 Å². The Morgan fingerprint density at radius 2 is 1.76 bits per heavy atom. The predicted octanol–water partition coefficient (Wildman–Crippen LogP) is 1.34. The van der Waals surface area contributed by atoms with Gasteiger partial charge in [-0.25, -0.2) is 0 Å². The van der Waals surface area contributed by atoms with Crippen molar-refractivity contribution in [1.82, 2.24) is 4.90 Å². The molecule has 0 aromatic rings. The summed E-state index contributed by atoms with van der Waals surface area (Å²) < 4.78 is 5.46. The molecule has 4 fully saturated rings. The molecule has 118 valence electrons. The number of amides is 1. The summed E-state index contributed by atoms with van der Waals surface area (Å²) in [5.41, 5.74) is -1.24. The number of nitrogens with zero attached hydrogens (tertiary/aromatic N) is 1. The van der Waals surface area contributed by atoms with Crippen LogP contribution < -0.4 is 0 Å². The number of aliphatic hydroxyl groups is 1. The molecule has 4 rings (SSSR count). The van der Waals surface area contributed by atoms with E-state index >= 15 is 0 Å². The SMILES string of the molecule is C[C@H](OC(=O)C12C[C@@H]3C[C@@H](CC(O)(C3)C1)C2)C(=O)N(C)C. The summed E-state index contributed by atoms with van der Waals surface area (Å²) in [4.78, 5) is 26.0. The van der Waals surface area contributed by atoms with Crippen LogP contribution in [0, 0.1) is 17.3 Å². The lowest BCUT2D eigenvalue weighted by molar-refractivity contribution is -0.200. The van der Waals surface area contributed by atoms with Crippen LogP contribution in [0.2, 0.25) is 0 Å². The summed E-state index contributed by atoms with van der Waals surface area (Å²) in [5.74, 6) is 0.386. The Bertz CT molecular complexity index is 459. The van der Waals surface area contributed by atoms with Crippen molar-refractivity contribution in [1.29, 1.82) is 0 Å². The number of carbonyl (C=O) groups is 2. The van der Waals surface area contributed by atoms with Gasteiger partial charge in [-0.15, -0.1) is 0 Å². The van der Waals surface area contributed by atoms with E-state index in [0.717, 1.165) is 32.1 Å². The van der Waals surface area contributed by atoms with E-state index in [2.05, 4.69) is 0 Å². The number of esters is 1. The van der Waals surface area contributed by atoms with Crippen molar-refractivity contribution in [2.75, 3.05) is 14.1 Å². The molecule has 4 saturated carbocycles. The molecule has 1 N–H and O–H groups in total. The summed E-state index contributed by atoms with van der Waals surface area (Å²) in [7, 11) is 3.31. The van der Waals surface area contributed by atoms with E-state index in [9.17, 15) is 14.7 Å². The van der Waals surface area contributed by atoms with Gasteiger partial charge in [-0.3, -0.25) is 9.59 Å². The Hall–Kier alpha value is -1.10. The average Bonchev–Trinajstić information content (AvgIpc) is 2.34. The molecule has 1 amide bonds. The number of rotatable bonds is 3. The van der Waals surface area contributed by atoms with Gasteiger partial charge in [-0.2, -0.15) is 0 Å². The minimum atomic E-state index is -0.754. The third-order valence-electron chi connectivity index (χ3n) is 5.54. The molecule has 4 bridgehead atoms. The van der Waals surface area contributed by atoms with Crippen LogP contribution in [0.4, 0.5) is 0 Å². The van der Waals surface area contributed by atoms with Crippen molar-refractivity contribution < 1.29 is 19.4 Å². The fraction of sp³-hybridized carbons (Fsp3) is 0.875. The highest BCUT2D eigenvalue weighted by Crippen LogP contribution is 2.62. The fourth-order valence-corrected chi connectivity index (χ4v) is 5.15. The molecule has 21 heavy (non-hydrogen) atoms. The van der Waals surface area contributed by atoms with Crippen LogP contribution >= 0.6 is 0 Å². The third-order valence-corrected chi connectivity index (χ3v) is 5.54. The van der Waals surface area contributed by atoms with Crippen molar-refractivity contribution in [3.8, 4) is 0 Å². The maximum atomic E-state index is 12.7. The van der Waals surface area contributed by atoms with Crippen LogP contribution in [0.25, 0.3) is 0 Å². The summed E-state index contributed by atoms with van der Waals surface area (Å²) in [6, 6.07) is 0. The molecule has 0 saturated heterocycles. The molecule has 2 unspecified atom stereocenters. The van der Waals surface area contributed by atoms with Crippen molar-refractivity contribution in [2.24, 2.45) is 17.3 Å². The highest BCUT2D eigenvalue weighted by atomic mass is 16.5. The molecular weight excluding hydrogens is 270 g/mol. The van der Waals surface area contributed by atoms with Gasteiger partial charge in [-0.1, -0.05) is 0 Å².